The molecule has 1 rings (SSSR count). The van der Waals surface area contributed by atoms with Crippen LogP contribution in [0.25, 0.3) is 0 Å². The Morgan fingerprint density at radius 2 is 2.55 bits per heavy atom. The summed E-state index contributed by atoms with van der Waals surface area (Å²) >= 11 is 0. The first kappa shape index (κ1) is 7.53. The zero-order chi connectivity index (χ0) is 8.27. The second-order valence-corrected chi connectivity index (χ2v) is 2.06. The van der Waals surface area contributed by atoms with Gasteiger partial charge in [0.05, 0.1) is 11.9 Å². The molecule has 1 heterocycles. The summed E-state index contributed by atoms with van der Waals surface area (Å²) in [7, 11) is 1.78. The number of nitrogen functional groups attached to an aromatic ring is 1. The zero-order valence-electron chi connectivity index (χ0n) is 6.36. The Bertz CT molecular complexity index is 265. The molecule has 0 saturated carbocycles. The van der Waals surface area contributed by atoms with Crippen LogP contribution in [0.15, 0.2) is 23.8 Å². The van der Waals surface area contributed by atoms with Crippen molar-refractivity contribution < 1.29 is 0 Å². The van der Waals surface area contributed by atoms with Crippen LogP contribution in [0.5, 0.6) is 0 Å². The van der Waals surface area contributed by atoms with Crippen molar-refractivity contribution in [3.8, 4) is 0 Å². The lowest BCUT2D eigenvalue weighted by Crippen LogP contribution is -1.89. The largest absolute Gasteiger partial charge is 0.394 e. The van der Waals surface area contributed by atoms with Crippen molar-refractivity contribution in [1.82, 2.24) is 9.78 Å². The van der Waals surface area contributed by atoms with E-state index in [0.717, 1.165) is 0 Å². The quantitative estimate of drug-likeness (QED) is 0.636. The smallest absolute Gasteiger partial charge is 0.173 e. The SMILES string of the molecule is C=CC=Nc1c(N)cnn1C. The highest BCUT2D eigenvalue weighted by Crippen LogP contribution is 2.18. The summed E-state index contributed by atoms with van der Waals surface area (Å²) in [4.78, 5) is 4.02. The molecule has 0 radical (unpaired) electrons. The highest BCUT2D eigenvalue weighted by Gasteiger charge is 2.00. The van der Waals surface area contributed by atoms with Gasteiger partial charge in [-0.1, -0.05) is 12.7 Å². The topological polar surface area (TPSA) is 56.2 Å². The summed E-state index contributed by atoms with van der Waals surface area (Å²) in [5.74, 6) is 0.657. The van der Waals surface area contributed by atoms with Gasteiger partial charge in [0.15, 0.2) is 5.82 Å². The molecule has 0 amide bonds. The van der Waals surface area contributed by atoms with E-state index in [1.54, 1.807) is 30.2 Å². The molecule has 0 aromatic carbocycles. The Kier molecular flexibility index (Phi) is 2.06. The lowest BCUT2D eigenvalue weighted by Gasteiger charge is -1.93. The van der Waals surface area contributed by atoms with E-state index in [4.69, 9.17) is 5.73 Å². The molecule has 0 atom stereocenters. The summed E-state index contributed by atoms with van der Waals surface area (Å²) in [6, 6.07) is 0. The first-order chi connectivity index (χ1) is 5.25. The van der Waals surface area contributed by atoms with Gasteiger partial charge in [-0.3, -0.25) is 0 Å². The Hall–Kier alpha value is -1.58. The number of allylic oxidation sites excluding steroid dienone is 1. The van der Waals surface area contributed by atoms with Crippen LogP contribution in [-0.4, -0.2) is 16.0 Å². The number of aryl methyl sites for hydroxylation is 1. The number of rotatable bonds is 2. The highest BCUT2D eigenvalue weighted by atomic mass is 15.3. The molecule has 4 heteroatoms. The third-order valence-corrected chi connectivity index (χ3v) is 1.24. The summed E-state index contributed by atoms with van der Waals surface area (Å²) in [6.45, 7) is 3.50. The molecule has 0 fully saturated rings. The standard InChI is InChI=1S/C7H10N4/c1-3-4-9-7-6(8)5-10-11(7)2/h3-5H,1,8H2,2H3. The van der Waals surface area contributed by atoms with Gasteiger partial charge >= 0.3 is 0 Å². The molecule has 0 spiro atoms. The third kappa shape index (κ3) is 1.46. The van der Waals surface area contributed by atoms with Gasteiger partial charge < -0.3 is 5.73 Å². The Morgan fingerprint density at radius 3 is 3.00 bits per heavy atom. The third-order valence-electron chi connectivity index (χ3n) is 1.24. The molecular weight excluding hydrogens is 140 g/mol. The van der Waals surface area contributed by atoms with E-state index < -0.39 is 0 Å². The number of hydrogen-bond acceptors (Lipinski definition) is 3. The van der Waals surface area contributed by atoms with Crippen molar-refractivity contribution in [2.45, 2.75) is 0 Å². The van der Waals surface area contributed by atoms with Gasteiger partial charge in [-0.2, -0.15) is 5.10 Å². The molecule has 58 valence electrons. The van der Waals surface area contributed by atoms with Gasteiger partial charge in [0.25, 0.3) is 0 Å². The predicted molar refractivity (Wildman–Crippen MR) is 46.0 cm³/mol. The molecule has 1 aromatic heterocycles. The molecule has 1 aromatic rings. The molecule has 0 unspecified atom stereocenters. The van der Waals surface area contributed by atoms with Gasteiger partial charge in [-0.25, -0.2) is 9.67 Å². The van der Waals surface area contributed by atoms with Gasteiger partial charge in [0, 0.05) is 13.3 Å². The Morgan fingerprint density at radius 1 is 1.82 bits per heavy atom. The molecule has 0 aliphatic carbocycles. The van der Waals surface area contributed by atoms with E-state index in [1.165, 1.54) is 0 Å². The molecule has 2 N–H and O–H groups in total. The lowest BCUT2D eigenvalue weighted by atomic mass is 10.5. The molecule has 0 aliphatic heterocycles. The maximum absolute atomic E-state index is 5.55. The monoisotopic (exact) mass is 150 g/mol. The van der Waals surface area contributed by atoms with Crippen LogP contribution in [0.3, 0.4) is 0 Å². The molecule has 4 nitrogen and oxygen atoms in total. The van der Waals surface area contributed by atoms with Crippen LogP contribution >= 0.6 is 0 Å². The van der Waals surface area contributed by atoms with Crippen LogP contribution in [0, 0.1) is 0 Å². The fourth-order valence-corrected chi connectivity index (χ4v) is 0.729. The number of nitrogens with zero attached hydrogens (tertiary/aromatic N) is 3. The van der Waals surface area contributed by atoms with Gasteiger partial charge in [-0.15, -0.1) is 0 Å². The minimum absolute atomic E-state index is 0.575. The first-order valence-electron chi connectivity index (χ1n) is 3.18. The number of aliphatic imine (C=N–C) groups is 1. The van der Waals surface area contributed by atoms with Crippen LogP contribution in [0.2, 0.25) is 0 Å². The second-order valence-electron chi connectivity index (χ2n) is 2.06. The molecule has 0 bridgehead atoms. The van der Waals surface area contributed by atoms with Crippen molar-refractivity contribution in [2.75, 3.05) is 5.73 Å². The van der Waals surface area contributed by atoms with E-state index in [2.05, 4.69) is 16.7 Å². The summed E-state index contributed by atoms with van der Waals surface area (Å²) in [6.07, 6.45) is 4.73. The van der Waals surface area contributed by atoms with Gasteiger partial charge in [-0.05, 0) is 0 Å². The number of nitrogens with two attached hydrogens (primary N) is 1. The van der Waals surface area contributed by atoms with Crippen molar-refractivity contribution in [3.63, 3.8) is 0 Å². The minimum Gasteiger partial charge on any atom is -0.394 e. The van der Waals surface area contributed by atoms with E-state index in [0.29, 0.717) is 11.5 Å². The average molecular weight is 150 g/mol. The number of hydrogen-bond donors (Lipinski definition) is 1. The molecular formula is C7H10N4. The Balaban J connectivity index is 3.00. The van der Waals surface area contributed by atoms with E-state index >= 15 is 0 Å². The molecule has 0 saturated heterocycles. The fraction of sp³-hybridized carbons (Fsp3) is 0.143. The predicted octanol–water partition coefficient (Wildman–Crippen LogP) is 0.891. The number of aromatic nitrogens is 2. The average Bonchev–Trinajstić information content (AvgIpc) is 2.29. The van der Waals surface area contributed by atoms with E-state index in [-0.39, 0.29) is 0 Å². The van der Waals surface area contributed by atoms with Gasteiger partial charge in [0.1, 0.15) is 0 Å². The Labute approximate surface area is 65.0 Å². The summed E-state index contributed by atoms with van der Waals surface area (Å²) in [5, 5.41) is 3.91. The number of anilines is 1. The van der Waals surface area contributed by atoms with Crippen LogP contribution in [-0.2, 0) is 7.05 Å². The van der Waals surface area contributed by atoms with Crippen LogP contribution < -0.4 is 5.73 Å². The summed E-state index contributed by atoms with van der Waals surface area (Å²) in [5.41, 5.74) is 6.13. The van der Waals surface area contributed by atoms with E-state index in [9.17, 15) is 0 Å². The summed E-state index contributed by atoms with van der Waals surface area (Å²) < 4.78 is 1.61. The van der Waals surface area contributed by atoms with Crippen LogP contribution in [0.1, 0.15) is 0 Å². The van der Waals surface area contributed by atoms with E-state index in [1.807, 2.05) is 0 Å². The van der Waals surface area contributed by atoms with Crippen molar-refractivity contribution in [3.05, 3.63) is 18.9 Å². The minimum atomic E-state index is 0.575. The second kappa shape index (κ2) is 3.01. The van der Waals surface area contributed by atoms with Crippen molar-refractivity contribution in [2.24, 2.45) is 12.0 Å². The van der Waals surface area contributed by atoms with Crippen molar-refractivity contribution >= 4 is 17.7 Å². The highest BCUT2D eigenvalue weighted by molar-refractivity contribution is 5.75. The van der Waals surface area contributed by atoms with Gasteiger partial charge in [0.2, 0.25) is 0 Å². The maximum atomic E-state index is 5.55. The fourth-order valence-electron chi connectivity index (χ4n) is 0.729. The molecule has 11 heavy (non-hydrogen) atoms. The molecule has 0 aliphatic rings. The zero-order valence-corrected chi connectivity index (χ0v) is 6.36. The first-order valence-corrected chi connectivity index (χ1v) is 3.18. The maximum Gasteiger partial charge on any atom is 0.173 e. The lowest BCUT2D eigenvalue weighted by molar-refractivity contribution is 0.771. The normalized spacial score (nSPS) is 10.6. The van der Waals surface area contributed by atoms with Crippen molar-refractivity contribution in [1.29, 1.82) is 0 Å². The van der Waals surface area contributed by atoms with Crippen LogP contribution in [0.4, 0.5) is 11.5 Å².